The molecular weight excluding hydrogens is 370 g/mol. The molecule has 0 radical (unpaired) electrons. The zero-order valence-corrected chi connectivity index (χ0v) is 17.0. The van der Waals surface area contributed by atoms with E-state index >= 15 is 0 Å². The summed E-state index contributed by atoms with van der Waals surface area (Å²) in [6, 6.07) is 23.1. The Morgan fingerprint density at radius 1 is 0.893 bits per heavy atom. The highest BCUT2D eigenvalue weighted by atomic mass is 32.2. The molecule has 3 aromatic rings. The van der Waals surface area contributed by atoms with Crippen LogP contribution in [0.3, 0.4) is 0 Å². The Morgan fingerprint density at radius 2 is 1.50 bits per heavy atom. The minimum atomic E-state index is -3.91. The van der Waals surface area contributed by atoms with E-state index in [1.54, 1.807) is 30.3 Å². The number of hydrogen-bond acceptors (Lipinski definition) is 3. The van der Waals surface area contributed by atoms with Crippen LogP contribution in [0.15, 0.2) is 88.2 Å². The van der Waals surface area contributed by atoms with Crippen LogP contribution in [-0.4, -0.2) is 14.3 Å². The minimum Gasteiger partial charge on any atom is -0.437 e. The van der Waals surface area contributed by atoms with Crippen molar-refractivity contribution >= 4 is 15.9 Å². The summed E-state index contributed by atoms with van der Waals surface area (Å²) in [5.74, 6) is 0.885. The van der Waals surface area contributed by atoms with Gasteiger partial charge in [0.15, 0.2) is 0 Å². The summed E-state index contributed by atoms with van der Waals surface area (Å²) in [5.41, 5.74) is 2.61. The first-order valence-corrected chi connectivity index (χ1v) is 10.5. The van der Waals surface area contributed by atoms with Crippen molar-refractivity contribution in [2.24, 2.45) is 4.40 Å². The van der Waals surface area contributed by atoms with Gasteiger partial charge in [-0.1, -0.05) is 62.4 Å². The third-order valence-electron chi connectivity index (χ3n) is 4.26. The number of hydrogen-bond donors (Lipinski definition) is 0. The van der Waals surface area contributed by atoms with Gasteiger partial charge >= 0.3 is 0 Å². The predicted octanol–water partition coefficient (Wildman–Crippen LogP) is 5.33. The van der Waals surface area contributed by atoms with E-state index in [-0.39, 0.29) is 16.7 Å². The second-order valence-corrected chi connectivity index (χ2v) is 8.45. The molecule has 5 heteroatoms. The monoisotopic (exact) mass is 393 g/mol. The fraction of sp³-hybridized carbons (Fsp3) is 0.174. The molecule has 0 aromatic heterocycles. The molecule has 0 amide bonds. The van der Waals surface area contributed by atoms with E-state index in [2.05, 4.69) is 18.2 Å². The molecule has 4 nitrogen and oxygen atoms in total. The first kappa shape index (κ1) is 19.8. The van der Waals surface area contributed by atoms with E-state index in [1.165, 1.54) is 12.1 Å². The largest absolute Gasteiger partial charge is 0.437 e. The fourth-order valence-corrected chi connectivity index (χ4v) is 3.74. The van der Waals surface area contributed by atoms with Crippen molar-refractivity contribution < 1.29 is 13.2 Å². The Bertz CT molecular complexity index is 1070. The number of benzene rings is 3. The highest BCUT2D eigenvalue weighted by molar-refractivity contribution is 7.90. The minimum absolute atomic E-state index is 0.0527. The second-order valence-electron chi connectivity index (χ2n) is 6.85. The number of nitrogens with zero attached hydrogens (tertiary/aromatic N) is 1. The molecule has 0 heterocycles. The Morgan fingerprint density at radius 3 is 2.11 bits per heavy atom. The molecule has 0 aliphatic carbocycles. The third-order valence-corrected chi connectivity index (χ3v) is 5.54. The van der Waals surface area contributed by atoms with Crippen molar-refractivity contribution in [3.8, 4) is 5.75 Å². The van der Waals surface area contributed by atoms with Crippen molar-refractivity contribution in [3.05, 3.63) is 95.6 Å². The number of ether oxygens (including phenoxy) is 1. The topological polar surface area (TPSA) is 55.7 Å². The van der Waals surface area contributed by atoms with E-state index in [4.69, 9.17) is 4.74 Å². The molecule has 0 bridgehead atoms. The van der Waals surface area contributed by atoms with E-state index in [0.717, 1.165) is 11.1 Å². The van der Waals surface area contributed by atoms with Crippen LogP contribution in [-0.2, 0) is 10.0 Å². The Balaban J connectivity index is 2.11. The summed E-state index contributed by atoms with van der Waals surface area (Å²) >= 11 is 0. The quantitative estimate of drug-likeness (QED) is 0.435. The maximum Gasteiger partial charge on any atom is 0.285 e. The molecule has 0 atom stereocenters. The maximum atomic E-state index is 12.8. The van der Waals surface area contributed by atoms with E-state index < -0.39 is 10.0 Å². The average molecular weight is 394 g/mol. The third kappa shape index (κ3) is 4.67. The summed E-state index contributed by atoms with van der Waals surface area (Å²) < 4.78 is 35.8. The van der Waals surface area contributed by atoms with Crippen LogP contribution in [0.2, 0.25) is 0 Å². The summed E-state index contributed by atoms with van der Waals surface area (Å²) in [4.78, 5) is 0.125. The van der Waals surface area contributed by atoms with Gasteiger partial charge < -0.3 is 4.74 Å². The molecule has 0 N–H and O–H groups in total. The normalized spacial score (nSPS) is 12.2. The Kier molecular flexibility index (Phi) is 5.95. The molecular formula is C23H23NO3S. The molecule has 3 rings (SSSR count). The summed E-state index contributed by atoms with van der Waals surface area (Å²) in [6.45, 7) is 6.10. The number of aryl methyl sites for hydroxylation is 1. The molecule has 0 saturated heterocycles. The number of sulfonamides is 1. The van der Waals surface area contributed by atoms with Crippen LogP contribution in [0.4, 0.5) is 0 Å². The molecule has 144 valence electrons. The smallest absolute Gasteiger partial charge is 0.285 e. The van der Waals surface area contributed by atoms with Crippen molar-refractivity contribution in [2.75, 3.05) is 0 Å². The lowest BCUT2D eigenvalue weighted by Gasteiger charge is -2.16. The van der Waals surface area contributed by atoms with Crippen molar-refractivity contribution in [1.82, 2.24) is 0 Å². The molecule has 3 aromatic carbocycles. The van der Waals surface area contributed by atoms with Crippen LogP contribution in [0.1, 0.15) is 36.5 Å². The zero-order chi connectivity index (χ0) is 20.1. The fourth-order valence-electron chi connectivity index (χ4n) is 2.78. The van der Waals surface area contributed by atoms with Crippen LogP contribution in [0.25, 0.3) is 0 Å². The zero-order valence-electron chi connectivity index (χ0n) is 16.2. The lowest BCUT2D eigenvalue weighted by Crippen LogP contribution is -2.15. The second kappa shape index (κ2) is 8.40. The summed E-state index contributed by atoms with van der Waals surface area (Å²) in [6.07, 6.45) is 0. The van der Waals surface area contributed by atoms with Gasteiger partial charge in [-0.2, -0.15) is 8.42 Å². The van der Waals surface area contributed by atoms with Crippen molar-refractivity contribution in [3.63, 3.8) is 0 Å². The molecule has 0 saturated carbocycles. The van der Waals surface area contributed by atoms with Gasteiger partial charge in [-0.05, 0) is 54.3 Å². The van der Waals surface area contributed by atoms with Gasteiger partial charge in [0.25, 0.3) is 10.0 Å². The van der Waals surface area contributed by atoms with Crippen LogP contribution in [0.5, 0.6) is 5.75 Å². The molecule has 0 aliphatic rings. The van der Waals surface area contributed by atoms with Crippen molar-refractivity contribution in [2.45, 2.75) is 31.6 Å². The highest BCUT2D eigenvalue weighted by Crippen LogP contribution is 2.29. The lowest BCUT2D eigenvalue weighted by atomic mass is 10.0. The van der Waals surface area contributed by atoms with Gasteiger partial charge in [0.05, 0.1) is 4.90 Å². The maximum absolute atomic E-state index is 12.8. The van der Waals surface area contributed by atoms with Crippen LogP contribution < -0.4 is 4.74 Å². The summed E-state index contributed by atoms with van der Waals surface area (Å²) in [7, 11) is -3.91. The average Bonchev–Trinajstić information content (AvgIpc) is 2.68. The van der Waals surface area contributed by atoms with E-state index in [9.17, 15) is 8.42 Å². The van der Waals surface area contributed by atoms with E-state index in [1.807, 2.05) is 43.3 Å². The molecule has 0 spiro atoms. The predicted molar refractivity (Wildman–Crippen MR) is 113 cm³/mol. The molecule has 28 heavy (non-hydrogen) atoms. The first-order valence-electron chi connectivity index (χ1n) is 9.10. The SMILES string of the molecule is Cc1ccc(C(C)C)c(O/C(=N\S(=O)(=O)c2ccccc2)c2ccccc2)c1. The molecule has 0 fully saturated rings. The van der Waals surface area contributed by atoms with Gasteiger partial charge in [0.1, 0.15) is 5.75 Å². The Hall–Kier alpha value is -2.92. The van der Waals surface area contributed by atoms with Crippen LogP contribution >= 0.6 is 0 Å². The molecule has 0 aliphatic heterocycles. The summed E-state index contributed by atoms with van der Waals surface area (Å²) in [5, 5.41) is 0. The van der Waals surface area contributed by atoms with Gasteiger partial charge in [0, 0.05) is 5.56 Å². The van der Waals surface area contributed by atoms with Gasteiger partial charge in [0.2, 0.25) is 5.90 Å². The molecule has 0 unspecified atom stereocenters. The van der Waals surface area contributed by atoms with Gasteiger partial charge in [-0.25, -0.2) is 0 Å². The first-order chi connectivity index (χ1) is 13.4. The van der Waals surface area contributed by atoms with Crippen molar-refractivity contribution in [1.29, 1.82) is 0 Å². The lowest BCUT2D eigenvalue weighted by molar-refractivity contribution is 0.537. The van der Waals surface area contributed by atoms with Gasteiger partial charge in [-0.15, -0.1) is 4.40 Å². The standard InChI is InChI=1S/C23H23NO3S/c1-17(2)21-15-14-18(3)16-22(21)27-23(19-10-6-4-7-11-19)24-28(25,26)20-12-8-5-9-13-20/h4-17H,1-3H3/b24-23-. The highest BCUT2D eigenvalue weighted by Gasteiger charge is 2.18. The van der Waals surface area contributed by atoms with Crippen LogP contribution in [0, 0.1) is 6.92 Å². The Labute approximate surface area is 166 Å². The van der Waals surface area contributed by atoms with Gasteiger partial charge in [-0.3, -0.25) is 0 Å². The van der Waals surface area contributed by atoms with E-state index in [0.29, 0.717) is 11.3 Å². The number of rotatable bonds is 5.